The topological polar surface area (TPSA) is 31.4 Å². The Bertz CT molecular complexity index is 454. The van der Waals surface area contributed by atoms with Gasteiger partial charge >= 0.3 is 0 Å². The minimum Gasteiger partial charge on any atom is -0.495 e. The summed E-state index contributed by atoms with van der Waals surface area (Å²) in [5.41, 5.74) is 0.857. The van der Waals surface area contributed by atoms with Crippen LogP contribution in [0.15, 0.2) is 30.5 Å². The number of rotatable bonds is 2. The minimum atomic E-state index is 0.755. The Labute approximate surface area is 82.3 Å². The molecule has 14 heavy (non-hydrogen) atoms. The van der Waals surface area contributed by atoms with Gasteiger partial charge < -0.3 is 9.47 Å². The number of para-hydroxylation sites is 1. The third kappa shape index (κ3) is 1.37. The molecule has 72 valence electrons. The summed E-state index contributed by atoms with van der Waals surface area (Å²) < 4.78 is 10.3. The Balaban J connectivity index is 2.67. The molecule has 0 unspecified atom stereocenters. The molecule has 2 aromatic rings. The van der Waals surface area contributed by atoms with Gasteiger partial charge in [0.15, 0.2) is 0 Å². The number of aromatic nitrogens is 1. The zero-order valence-electron chi connectivity index (χ0n) is 8.15. The number of fused-ring (bicyclic) bond motifs is 1. The molecule has 0 aliphatic heterocycles. The van der Waals surface area contributed by atoms with Crippen LogP contribution in [-0.2, 0) is 0 Å². The molecule has 1 heterocycles. The zero-order valence-corrected chi connectivity index (χ0v) is 8.15. The molecule has 0 saturated carbocycles. The summed E-state index contributed by atoms with van der Waals surface area (Å²) >= 11 is 0. The molecule has 0 aliphatic rings. The first-order valence-corrected chi connectivity index (χ1v) is 4.32. The third-order valence-electron chi connectivity index (χ3n) is 2.10. The first-order valence-electron chi connectivity index (χ1n) is 4.32. The van der Waals surface area contributed by atoms with Crippen LogP contribution >= 0.6 is 0 Å². The average Bonchev–Trinajstić information content (AvgIpc) is 2.27. The van der Waals surface area contributed by atoms with E-state index in [-0.39, 0.29) is 0 Å². The summed E-state index contributed by atoms with van der Waals surface area (Å²) in [5.74, 6) is 1.54. The van der Waals surface area contributed by atoms with Crippen LogP contribution < -0.4 is 9.47 Å². The van der Waals surface area contributed by atoms with Crippen LogP contribution in [0.4, 0.5) is 0 Å². The Hall–Kier alpha value is -1.77. The van der Waals surface area contributed by atoms with Crippen LogP contribution in [0.1, 0.15) is 0 Å². The lowest BCUT2D eigenvalue weighted by Crippen LogP contribution is -1.89. The Kier molecular flexibility index (Phi) is 2.23. The molecule has 1 aromatic heterocycles. The van der Waals surface area contributed by atoms with E-state index in [4.69, 9.17) is 9.47 Å². The van der Waals surface area contributed by atoms with Gasteiger partial charge in [0.25, 0.3) is 0 Å². The highest BCUT2D eigenvalue weighted by molar-refractivity contribution is 5.85. The Morgan fingerprint density at radius 1 is 1.14 bits per heavy atom. The van der Waals surface area contributed by atoms with E-state index < -0.39 is 0 Å². The maximum Gasteiger partial charge on any atom is 0.145 e. The summed E-state index contributed by atoms with van der Waals surface area (Å²) in [4.78, 5) is 4.27. The maximum atomic E-state index is 5.20. The number of hydrogen-bond donors (Lipinski definition) is 0. The van der Waals surface area contributed by atoms with E-state index in [0.29, 0.717) is 0 Å². The lowest BCUT2D eigenvalue weighted by Gasteiger charge is -2.05. The van der Waals surface area contributed by atoms with E-state index in [1.54, 1.807) is 20.4 Å². The number of benzene rings is 1. The second kappa shape index (κ2) is 3.54. The molecule has 0 saturated heterocycles. The van der Waals surface area contributed by atoms with Crippen molar-refractivity contribution in [3.05, 3.63) is 30.5 Å². The largest absolute Gasteiger partial charge is 0.495 e. The second-order valence-corrected chi connectivity index (χ2v) is 2.91. The first-order chi connectivity index (χ1) is 6.85. The van der Waals surface area contributed by atoms with Gasteiger partial charge in [-0.15, -0.1) is 0 Å². The summed E-state index contributed by atoms with van der Waals surface area (Å²) in [7, 11) is 3.27. The van der Waals surface area contributed by atoms with E-state index in [1.807, 2.05) is 24.3 Å². The van der Waals surface area contributed by atoms with E-state index in [2.05, 4.69) is 4.98 Å². The molecule has 0 spiro atoms. The minimum absolute atomic E-state index is 0.755. The fourth-order valence-corrected chi connectivity index (χ4v) is 1.39. The molecular weight excluding hydrogens is 178 g/mol. The molecule has 3 heteroatoms. The van der Waals surface area contributed by atoms with Crippen LogP contribution in [0, 0.1) is 0 Å². The molecule has 0 fully saturated rings. The number of nitrogens with zero attached hydrogens (tertiary/aromatic N) is 1. The summed E-state index contributed by atoms with van der Waals surface area (Å²) in [5, 5.41) is 1.02. The van der Waals surface area contributed by atoms with Crippen molar-refractivity contribution in [1.29, 1.82) is 0 Å². The van der Waals surface area contributed by atoms with Gasteiger partial charge in [-0.05, 0) is 12.1 Å². The fraction of sp³-hybridized carbons (Fsp3) is 0.182. The Morgan fingerprint density at radius 2 is 2.00 bits per heavy atom. The lowest BCUT2D eigenvalue weighted by molar-refractivity contribution is 0.412. The molecule has 0 atom stereocenters. The van der Waals surface area contributed by atoms with Crippen molar-refractivity contribution in [3.8, 4) is 11.5 Å². The van der Waals surface area contributed by atoms with Gasteiger partial charge in [0, 0.05) is 5.39 Å². The molecule has 0 radical (unpaired) electrons. The zero-order chi connectivity index (χ0) is 9.97. The number of pyridine rings is 1. The average molecular weight is 189 g/mol. The standard InChI is InChI=1S/C11H11NO2/c1-13-9-6-8-4-3-5-10(14-2)11(8)12-7-9/h3-7H,1-2H3. The summed E-state index contributed by atoms with van der Waals surface area (Å²) in [6.45, 7) is 0. The summed E-state index contributed by atoms with van der Waals surface area (Å²) in [6.07, 6.45) is 1.69. The van der Waals surface area contributed by atoms with E-state index >= 15 is 0 Å². The van der Waals surface area contributed by atoms with E-state index in [0.717, 1.165) is 22.4 Å². The fourth-order valence-electron chi connectivity index (χ4n) is 1.39. The van der Waals surface area contributed by atoms with Gasteiger partial charge in [-0.2, -0.15) is 0 Å². The van der Waals surface area contributed by atoms with Crippen LogP contribution in [0.25, 0.3) is 10.9 Å². The molecule has 0 aliphatic carbocycles. The highest BCUT2D eigenvalue weighted by Crippen LogP contribution is 2.25. The molecular formula is C11H11NO2. The maximum absolute atomic E-state index is 5.20. The monoisotopic (exact) mass is 189 g/mol. The van der Waals surface area contributed by atoms with Crippen molar-refractivity contribution < 1.29 is 9.47 Å². The van der Waals surface area contributed by atoms with Crippen molar-refractivity contribution in [2.45, 2.75) is 0 Å². The van der Waals surface area contributed by atoms with Crippen LogP contribution in [0.2, 0.25) is 0 Å². The number of methoxy groups -OCH3 is 2. The molecule has 3 nitrogen and oxygen atoms in total. The van der Waals surface area contributed by atoms with Gasteiger partial charge in [-0.3, -0.25) is 0 Å². The van der Waals surface area contributed by atoms with Crippen LogP contribution in [0.5, 0.6) is 11.5 Å². The van der Waals surface area contributed by atoms with Gasteiger partial charge in [0.2, 0.25) is 0 Å². The molecule has 0 N–H and O–H groups in total. The van der Waals surface area contributed by atoms with Crippen LogP contribution in [-0.4, -0.2) is 19.2 Å². The quantitative estimate of drug-likeness (QED) is 0.726. The smallest absolute Gasteiger partial charge is 0.145 e. The molecule has 1 aromatic carbocycles. The van der Waals surface area contributed by atoms with Gasteiger partial charge in [0.05, 0.1) is 20.4 Å². The normalized spacial score (nSPS) is 10.1. The highest BCUT2D eigenvalue weighted by Gasteiger charge is 2.02. The highest BCUT2D eigenvalue weighted by atomic mass is 16.5. The molecule has 2 rings (SSSR count). The third-order valence-corrected chi connectivity index (χ3v) is 2.10. The predicted octanol–water partition coefficient (Wildman–Crippen LogP) is 2.25. The predicted molar refractivity (Wildman–Crippen MR) is 54.8 cm³/mol. The number of hydrogen-bond acceptors (Lipinski definition) is 3. The lowest BCUT2D eigenvalue weighted by atomic mass is 10.2. The van der Waals surface area contributed by atoms with Crippen LogP contribution in [0.3, 0.4) is 0 Å². The van der Waals surface area contributed by atoms with Crippen molar-refractivity contribution >= 4 is 10.9 Å². The second-order valence-electron chi connectivity index (χ2n) is 2.91. The first kappa shape index (κ1) is 8.81. The number of ether oxygens (including phenoxy) is 2. The van der Waals surface area contributed by atoms with Crippen molar-refractivity contribution in [2.75, 3.05) is 14.2 Å². The van der Waals surface area contributed by atoms with Gasteiger partial charge in [0.1, 0.15) is 17.0 Å². The molecule has 0 bridgehead atoms. The summed E-state index contributed by atoms with van der Waals surface area (Å²) in [6, 6.07) is 7.74. The van der Waals surface area contributed by atoms with Crippen molar-refractivity contribution in [3.63, 3.8) is 0 Å². The van der Waals surface area contributed by atoms with E-state index in [9.17, 15) is 0 Å². The SMILES string of the molecule is COc1cnc2c(OC)cccc2c1. The van der Waals surface area contributed by atoms with E-state index in [1.165, 1.54) is 0 Å². The van der Waals surface area contributed by atoms with Crippen molar-refractivity contribution in [1.82, 2.24) is 4.98 Å². The van der Waals surface area contributed by atoms with Gasteiger partial charge in [-0.1, -0.05) is 12.1 Å². The van der Waals surface area contributed by atoms with Gasteiger partial charge in [-0.25, -0.2) is 4.98 Å². The van der Waals surface area contributed by atoms with Crippen molar-refractivity contribution in [2.24, 2.45) is 0 Å². The Morgan fingerprint density at radius 3 is 2.71 bits per heavy atom. The molecule has 0 amide bonds.